The predicted molar refractivity (Wildman–Crippen MR) is 110 cm³/mol. The number of halogens is 3. The number of ether oxygens (including phenoxy) is 2. The molecule has 1 aliphatic rings. The fraction of sp³-hybridized carbons (Fsp3) is 0.478. The van der Waals surface area contributed by atoms with E-state index >= 15 is 0 Å². The molecule has 1 aliphatic heterocycles. The Balaban J connectivity index is 2.09. The average molecular weight is 436 g/mol. The second kappa shape index (κ2) is 8.86. The lowest BCUT2D eigenvalue weighted by Crippen LogP contribution is -2.29. The molecule has 1 aromatic heterocycles. The standard InChI is InChI=1S/C23H27F3N2O3/c1-22(2,3)15-9-10-28(14-17-6-5-11-31-17)20(13-15)27-21(29)18-12-16(23(24,25)26)7-8-19(18)30-4/h7-10,12-13,17H,5-6,11,14H2,1-4H3/t17-/m1/s1. The van der Waals surface area contributed by atoms with Crippen LogP contribution >= 0.6 is 0 Å². The maximum absolute atomic E-state index is 13.2. The number of pyridine rings is 1. The van der Waals surface area contributed by atoms with Crippen molar-refractivity contribution in [2.45, 2.75) is 57.9 Å². The van der Waals surface area contributed by atoms with E-state index in [0.29, 0.717) is 18.6 Å². The minimum absolute atomic E-state index is 0.0117. The van der Waals surface area contributed by atoms with Crippen LogP contribution in [0, 0.1) is 0 Å². The first kappa shape index (κ1) is 23.1. The number of aromatic nitrogens is 1. The third-order valence-corrected chi connectivity index (χ3v) is 5.28. The molecule has 0 N–H and O–H groups in total. The minimum atomic E-state index is -4.58. The van der Waals surface area contributed by atoms with Gasteiger partial charge in [0.1, 0.15) is 11.2 Å². The van der Waals surface area contributed by atoms with Crippen LogP contribution in [0.3, 0.4) is 0 Å². The lowest BCUT2D eigenvalue weighted by molar-refractivity contribution is -0.137. The number of benzene rings is 1. The molecule has 0 spiro atoms. The van der Waals surface area contributed by atoms with Crippen molar-refractivity contribution in [2.24, 2.45) is 4.99 Å². The maximum atomic E-state index is 13.2. The summed E-state index contributed by atoms with van der Waals surface area (Å²) in [5.74, 6) is -0.755. The molecule has 0 aliphatic carbocycles. The van der Waals surface area contributed by atoms with E-state index in [1.165, 1.54) is 7.11 Å². The van der Waals surface area contributed by atoms with E-state index in [9.17, 15) is 18.0 Å². The van der Waals surface area contributed by atoms with Crippen molar-refractivity contribution in [1.82, 2.24) is 4.57 Å². The number of amides is 1. The summed E-state index contributed by atoms with van der Waals surface area (Å²) in [5.41, 5.74) is -0.0276. The average Bonchev–Trinajstić information content (AvgIpc) is 3.20. The van der Waals surface area contributed by atoms with E-state index in [-0.39, 0.29) is 22.8 Å². The molecule has 31 heavy (non-hydrogen) atoms. The van der Waals surface area contributed by atoms with E-state index < -0.39 is 17.6 Å². The highest BCUT2D eigenvalue weighted by atomic mass is 19.4. The van der Waals surface area contributed by atoms with Gasteiger partial charge < -0.3 is 14.0 Å². The fourth-order valence-electron chi connectivity index (χ4n) is 3.46. The highest BCUT2D eigenvalue weighted by Crippen LogP contribution is 2.32. The zero-order valence-corrected chi connectivity index (χ0v) is 18.1. The largest absolute Gasteiger partial charge is 0.496 e. The van der Waals surface area contributed by atoms with Crippen LogP contribution in [0.2, 0.25) is 0 Å². The summed E-state index contributed by atoms with van der Waals surface area (Å²) < 4.78 is 52.1. The molecule has 1 saturated heterocycles. The number of carbonyl (C=O) groups is 1. The molecule has 0 saturated carbocycles. The summed E-state index contributed by atoms with van der Waals surface area (Å²) in [6.07, 6.45) is -0.844. The van der Waals surface area contributed by atoms with Gasteiger partial charge in [-0.1, -0.05) is 20.8 Å². The van der Waals surface area contributed by atoms with E-state index in [1.807, 2.05) is 37.6 Å². The monoisotopic (exact) mass is 436 g/mol. The Morgan fingerprint density at radius 1 is 1.19 bits per heavy atom. The van der Waals surface area contributed by atoms with Crippen LogP contribution in [0.25, 0.3) is 0 Å². The number of hydrogen-bond acceptors (Lipinski definition) is 3. The van der Waals surface area contributed by atoms with Gasteiger partial charge in [-0.3, -0.25) is 4.79 Å². The first-order valence-electron chi connectivity index (χ1n) is 10.2. The number of carbonyl (C=O) groups excluding carboxylic acids is 1. The molecule has 1 amide bonds. The van der Waals surface area contributed by atoms with Crippen molar-refractivity contribution in [2.75, 3.05) is 13.7 Å². The number of rotatable bonds is 4. The predicted octanol–water partition coefficient (Wildman–Crippen LogP) is 4.73. The van der Waals surface area contributed by atoms with Crippen molar-refractivity contribution < 1.29 is 27.4 Å². The van der Waals surface area contributed by atoms with Crippen LogP contribution in [0.1, 0.15) is 55.1 Å². The van der Waals surface area contributed by atoms with Gasteiger partial charge in [-0.25, -0.2) is 0 Å². The molecule has 1 atom stereocenters. The third-order valence-electron chi connectivity index (χ3n) is 5.28. The van der Waals surface area contributed by atoms with E-state index in [2.05, 4.69) is 4.99 Å². The summed E-state index contributed by atoms with van der Waals surface area (Å²) in [4.78, 5) is 17.2. The minimum Gasteiger partial charge on any atom is -0.496 e. The number of methoxy groups -OCH3 is 1. The zero-order valence-electron chi connectivity index (χ0n) is 18.1. The van der Waals surface area contributed by atoms with Crippen LogP contribution in [0.15, 0.2) is 41.5 Å². The molecular formula is C23H27F3N2O3. The van der Waals surface area contributed by atoms with Crippen molar-refractivity contribution in [3.05, 3.63) is 58.7 Å². The zero-order chi connectivity index (χ0) is 22.8. The number of nitrogens with zero attached hydrogens (tertiary/aromatic N) is 2. The van der Waals surface area contributed by atoms with Crippen LogP contribution in [0.4, 0.5) is 13.2 Å². The second-order valence-corrected chi connectivity index (χ2v) is 8.64. The van der Waals surface area contributed by atoms with Crippen molar-refractivity contribution >= 4 is 5.91 Å². The Kier molecular flexibility index (Phi) is 6.59. The van der Waals surface area contributed by atoms with Gasteiger partial charge in [0.2, 0.25) is 0 Å². The van der Waals surface area contributed by atoms with Gasteiger partial charge in [-0.2, -0.15) is 18.2 Å². The summed E-state index contributed by atoms with van der Waals surface area (Å²) in [6, 6.07) is 6.56. The van der Waals surface area contributed by atoms with Crippen LogP contribution < -0.4 is 10.2 Å². The van der Waals surface area contributed by atoms with Gasteiger partial charge in [0.15, 0.2) is 0 Å². The topological polar surface area (TPSA) is 52.8 Å². The summed E-state index contributed by atoms with van der Waals surface area (Å²) in [7, 11) is 1.30. The molecule has 8 heteroatoms. The molecule has 0 unspecified atom stereocenters. The van der Waals surface area contributed by atoms with Gasteiger partial charge >= 0.3 is 6.18 Å². The number of alkyl halides is 3. The molecule has 168 valence electrons. The molecule has 0 radical (unpaired) electrons. The Morgan fingerprint density at radius 2 is 1.94 bits per heavy atom. The normalized spacial score (nSPS) is 17.8. The van der Waals surface area contributed by atoms with Gasteiger partial charge in [-0.05, 0) is 54.2 Å². The van der Waals surface area contributed by atoms with E-state index in [1.54, 1.807) is 6.07 Å². The van der Waals surface area contributed by atoms with Crippen molar-refractivity contribution in [1.29, 1.82) is 0 Å². The van der Waals surface area contributed by atoms with Crippen LogP contribution in [0.5, 0.6) is 5.75 Å². The lowest BCUT2D eigenvalue weighted by atomic mass is 9.88. The molecule has 2 heterocycles. The van der Waals surface area contributed by atoms with Gasteiger partial charge in [0.25, 0.3) is 5.91 Å². The van der Waals surface area contributed by atoms with E-state index in [0.717, 1.165) is 36.6 Å². The van der Waals surface area contributed by atoms with Crippen LogP contribution in [-0.4, -0.2) is 30.3 Å². The molecular weight excluding hydrogens is 409 g/mol. The summed E-state index contributed by atoms with van der Waals surface area (Å²) in [6.45, 7) is 7.31. The summed E-state index contributed by atoms with van der Waals surface area (Å²) in [5, 5.41) is 0. The quantitative estimate of drug-likeness (QED) is 0.696. The van der Waals surface area contributed by atoms with Crippen molar-refractivity contribution in [3.63, 3.8) is 0 Å². The van der Waals surface area contributed by atoms with Gasteiger partial charge in [0, 0.05) is 12.8 Å². The molecule has 5 nitrogen and oxygen atoms in total. The first-order valence-corrected chi connectivity index (χ1v) is 10.2. The maximum Gasteiger partial charge on any atom is 0.416 e. The third kappa shape index (κ3) is 5.55. The molecule has 1 fully saturated rings. The first-order chi connectivity index (χ1) is 14.5. The smallest absolute Gasteiger partial charge is 0.416 e. The molecule has 1 aromatic carbocycles. The molecule has 3 rings (SSSR count). The summed E-state index contributed by atoms with van der Waals surface area (Å²) >= 11 is 0. The Morgan fingerprint density at radius 3 is 2.52 bits per heavy atom. The Bertz CT molecular complexity index is 1010. The SMILES string of the molecule is COc1ccc(C(F)(F)F)cc1C(=O)N=c1cc(C(C)(C)C)ccn1C[C@H]1CCCO1. The Labute approximate surface area is 179 Å². The highest BCUT2D eigenvalue weighted by Gasteiger charge is 2.32. The fourth-order valence-corrected chi connectivity index (χ4v) is 3.46. The molecule has 0 bridgehead atoms. The van der Waals surface area contributed by atoms with Gasteiger partial charge in [0.05, 0.1) is 30.9 Å². The Hall–Kier alpha value is -2.61. The van der Waals surface area contributed by atoms with E-state index in [4.69, 9.17) is 9.47 Å². The second-order valence-electron chi connectivity index (χ2n) is 8.64. The lowest BCUT2D eigenvalue weighted by Gasteiger charge is -2.21. The number of hydrogen-bond donors (Lipinski definition) is 0. The van der Waals surface area contributed by atoms with Gasteiger partial charge in [-0.15, -0.1) is 0 Å². The van der Waals surface area contributed by atoms with Crippen molar-refractivity contribution in [3.8, 4) is 5.75 Å². The molecule has 2 aromatic rings. The highest BCUT2D eigenvalue weighted by molar-refractivity contribution is 5.97. The van der Waals surface area contributed by atoms with Crippen LogP contribution in [-0.2, 0) is 22.9 Å².